The normalized spacial score (nSPS) is 18.7. The lowest BCUT2D eigenvalue weighted by Gasteiger charge is -2.35. The molecule has 1 aromatic carbocycles. The summed E-state index contributed by atoms with van der Waals surface area (Å²) in [5.41, 5.74) is 4.17. The van der Waals surface area contributed by atoms with E-state index in [4.69, 9.17) is 19.7 Å². The molecule has 1 fully saturated rings. The van der Waals surface area contributed by atoms with Gasteiger partial charge < -0.3 is 9.47 Å². The summed E-state index contributed by atoms with van der Waals surface area (Å²) in [6.07, 6.45) is 2.39. The van der Waals surface area contributed by atoms with Gasteiger partial charge in [0.05, 0.1) is 41.2 Å². The number of hydrogen-bond donors (Lipinski definition) is 0. The zero-order chi connectivity index (χ0) is 25.2. The first-order valence-electron chi connectivity index (χ1n) is 12.6. The van der Waals surface area contributed by atoms with Crippen LogP contribution in [0.4, 0.5) is 0 Å². The maximum Gasteiger partial charge on any atom is 0.267 e. The molecule has 8 heteroatoms. The first-order chi connectivity index (χ1) is 17.4. The Kier molecular flexibility index (Phi) is 6.89. The van der Waals surface area contributed by atoms with Crippen molar-refractivity contribution in [1.82, 2.24) is 24.3 Å². The van der Waals surface area contributed by atoms with Crippen LogP contribution in [0.5, 0.6) is 5.75 Å². The van der Waals surface area contributed by atoms with Crippen LogP contribution in [-0.2, 0) is 4.74 Å². The molecule has 0 bridgehead atoms. The van der Waals surface area contributed by atoms with Crippen LogP contribution in [0.15, 0.2) is 65.6 Å². The van der Waals surface area contributed by atoms with E-state index in [0.29, 0.717) is 12.3 Å². The van der Waals surface area contributed by atoms with Gasteiger partial charge in [-0.05, 0) is 45.9 Å². The molecule has 5 rings (SSSR count). The zero-order valence-electron chi connectivity index (χ0n) is 21.3. The van der Waals surface area contributed by atoms with Crippen molar-refractivity contribution >= 4 is 5.52 Å². The summed E-state index contributed by atoms with van der Waals surface area (Å²) in [7, 11) is 0. The molecule has 1 saturated heterocycles. The number of ether oxygens (including phenoxy) is 2. The monoisotopic (exact) mass is 487 g/mol. The predicted octanol–water partition coefficient (Wildman–Crippen LogP) is 4.29. The highest BCUT2D eigenvalue weighted by molar-refractivity contribution is 5.90. The number of hydrogen-bond acceptors (Lipinski definition) is 6. The lowest BCUT2D eigenvalue weighted by atomic mass is 10.0. The van der Waals surface area contributed by atoms with E-state index in [9.17, 15) is 4.79 Å². The molecule has 4 aromatic rings. The molecule has 1 aliphatic rings. The fourth-order valence-electron chi connectivity index (χ4n) is 4.85. The molecule has 36 heavy (non-hydrogen) atoms. The molecule has 3 aromatic heterocycles. The SMILES string of the molecule is CC1CN(CCOc2ccc3c(-c4ccc(=O)n(C(C)C)n4)c(-c4ccccc4)nn3c2)CC(C)O1. The lowest BCUT2D eigenvalue weighted by Crippen LogP contribution is -2.46. The minimum atomic E-state index is -0.119. The van der Waals surface area contributed by atoms with Gasteiger partial charge in [-0.25, -0.2) is 9.20 Å². The largest absolute Gasteiger partial charge is 0.491 e. The number of fused-ring (bicyclic) bond motifs is 1. The van der Waals surface area contributed by atoms with Crippen LogP contribution in [0.1, 0.15) is 33.7 Å². The number of benzene rings is 1. The molecular weight excluding hydrogens is 454 g/mol. The van der Waals surface area contributed by atoms with E-state index < -0.39 is 0 Å². The molecule has 0 amide bonds. The highest BCUT2D eigenvalue weighted by atomic mass is 16.5. The number of morpholine rings is 1. The number of nitrogens with zero attached hydrogens (tertiary/aromatic N) is 5. The lowest BCUT2D eigenvalue weighted by molar-refractivity contribution is -0.0699. The summed E-state index contributed by atoms with van der Waals surface area (Å²) in [5, 5.41) is 9.61. The van der Waals surface area contributed by atoms with Gasteiger partial charge in [0.25, 0.3) is 5.56 Å². The van der Waals surface area contributed by atoms with Gasteiger partial charge in [-0.2, -0.15) is 10.2 Å². The highest BCUT2D eigenvalue weighted by Crippen LogP contribution is 2.34. The fourth-order valence-corrected chi connectivity index (χ4v) is 4.85. The first-order valence-corrected chi connectivity index (χ1v) is 12.6. The van der Waals surface area contributed by atoms with Crippen molar-refractivity contribution in [3.8, 4) is 28.3 Å². The number of aromatic nitrogens is 4. The minimum absolute atomic E-state index is 0.0445. The zero-order valence-corrected chi connectivity index (χ0v) is 21.3. The molecule has 2 unspecified atom stereocenters. The Hall–Kier alpha value is -3.49. The van der Waals surface area contributed by atoms with Gasteiger partial charge in [0, 0.05) is 31.3 Å². The van der Waals surface area contributed by atoms with E-state index in [1.807, 2.05) is 67.0 Å². The van der Waals surface area contributed by atoms with Crippen molar-refractivity contribution < 1.29 is 9.47 Å². The summed E-state index contributed by atoms with van der Waals surface area (Å²) in [4.78, 5) is 14.7. The summed E-state index contributed by atoms with van der Waals surface area (Å²) < 4.78 is 15.3. The van der Waals surface area contributed by atoms with Crippen LogP contribution in [0.25, 0.3) is 28.0 Å². The van der Waals surface area contributed by atoms with Crippen LogP contribution in [0, 0.1) is 0 Å². The van der Waals surface area contributed by atoms with Crippen molar-refractivity contribution in [3.63, 3.8) is 0 Å². The Labute approximate surface area is 211 Å². The van der Waals surface area contributed by atoms with Crippen LogP contribution in [-0.4, -0.2) is 62.7 Å². The molecule has 0 radical (unpaired) electrons. The van der Waals surface area contributed by atoms with E-state index in [0.717, 1.165) is 47.7 Å². The molecular formula is C28H33N5O3. The van der Waals surface area contributed by atoms with Gasteiger partial charge in [-0.15, -0.1) is 0 Å². The van der Waals surface area contributed by atoms with Crippen molar-refractivity contribution in [1.29, 1.82) is 0 Å². The Bertz CT molecular complexity index is 1390. The third-order valence-electron chi connectivity index (χ3n) is 6.39. The van der Waals surface area contributed by atoms with Crippen molar-refractivity contribution in [2.75, 3.05) is 26.2 Å². The minimum Gasteiger partial charge on any atom is -0.491 e. The third-order valence-corrected chi connectivity index (χ3v) is 6.39. The molecule has 1 aliphatic heterocycles. The van der Waals surface area contributed by atoms with Gasteiger partial charge in [0.1, 0.15) is 18.1 Å². The maximum atomic E-state index is 12.3. The van der Waals surface area contributed by atoms with E-state index in [1.165, 1.54) is 4.68 Å². The topological polar surface area (TPSA) is 73.9 Å². The van der Waals surface area contributed by atoms with Crippen molar-refractivity contribution in [3.05, 3.63) is 71.1 Å². The number of rotatable bonds is 7. The summed E-state index contributed by atoms with van der Waals surface area (Å²) >= 11 is 0. The smallest absolute Gasteiger partial charge is 0.267 e. The van der Waals surface area contributed by atoms with Gasteiger partial charge in [0.2, 0.25) is 0 Å². The molecule has 0 spiro atoms. The third kappa shape index (κ3) is 5.05. The molecule has 8 nitrogen and oxygen atoms in total. The number of pyridine rings is 1. The quantitative estimate of drug-likeness (QED) is 0.387. The average molecular weight is 488 g/mol. The average Bonchev–Trinajstić information content (AvgIpc) is 3.23. The first kappa shape index (κ1) is 24.2. The van der Waals surface area contributed by atoms with E-state index in [1.54, 1.807) is 12.1 Å². The maximum absolute atomic E-state index is 12.3. The van der Waals surface area contributed by atoms with E-state index in [-0.39, 0.29) is 23.8 Å². The van der Waals surface area contributed by atoms with Crippen molar-refractivity contribution in [2.24, 2.45) is 0 Å². The van der Waals surface area contributed by atoms with E-state index >= 15 is 0 Å². The molecule has 4 heterocycles. The van der Waals surface area contributed by atoms with Crippen LogP contribution in [0.2, 0.25) is 0 Å². The fraction of sp³-hybridized carbons (Fsp3) is 0.393. The second-order valence-corrected chi connectivity index (χ2v) is 9.74. The van der Waals surface area contributed by atoms with Gasteiger partial charge in [0.15, 0.2) is 0 Å². The molecule has 0 saturated carbocycles. The predicted molar refractivity (Wildman–Crippen MR) is 140 cm³/mol. The molecule has 0 N–H and O–H groups in total. The van der Waals surface area contributed by atoms with Gasteiger partial charge in [-0.3, -0.25) is 9.69 Å². The molecule has 188 valence electrons. The van der Waals surface area contributed by atoms with Crippen LogP contribution < -0.4 is 10.3 Å². The van der Waals surface area contributed by atoms with Crippen LogP contribution >= 0.6 is 0 Å². The van der Waals surface area contributed by atoms with Crippen LogP contribution in [0.3, 0.4) is 0 Å². The Morgan fingerprint density at radius 3 is 2.47 bits per heavy atom. The standard InChI is InChI=1S/C28H33N5O3/c1-19(2)33-26(34)13-11-24(29-33)27-25-12-10-23(35-15-14-31-16-20(3)36-21(4)17-31)18-32(25)30-28(27)22-8-6-5-7-9-22/h5-13,18-21H,14-17H2,1-4H3. The summed E-state index contributed by atoms with van der Waals surface area (Å²) in [5.74, 6) is 0.755. The second kappa shape index (κ2) is 10.2. The second-order valence-electron chi connectivity index (χ2n) is 9.74. The Balaban J connectivity index is 1.47. The Morgan fingerprint density at radius 2 is 1.75 bits per heavy atom. The molecule has 2 atom stereocenters. The summed E-state index contributed by atoms with van der Waals surface area (Å²) in [6, 6.07) is 17.3. The van der Waals surface area contributed by atoms with E-state index in [2.05, 4.69) is 18.7 Å². The van der Waals surface area contributed by atoms with Gasteiger partial charge >= 0.3 is 0 Å². The van der Waals surface area contributed by atoms with Gasteiger partial charge in [-0.1, -0.05) is 30.3 Å². The molecule has 0 aliphatic carbocycles. The van der Waals surface area contributed by atoms with Crippen molar-refractivity contribution in [2.45, 2.75) is 45.9 Å². The summed E-state index contributed by atoms with van der Waals surface area (Å²) in [6.45, 7) is 11.4. The highest BCUT2D eigenvalue weighted by Gasteiger charge is 2.22. The Morgan fingerprint density at radius 1 is 1.00 bits per heavy atom.